The molecule has 0 saturated heterocycles. The normalized spacial score (nSPS) is 10.5. The summed E-state index contributed by atoms with van der Waals surface area (Å²) in [5.74, 6) is -0.732. The molecule has 2 nitrogen and oxygen atoms in total. The van der Waals surface area contributed by atoms with E-state index in [9.17, 15) is 9.18 Å². The highest BCUT2D eigenvalue weighted by Gasteiger charge is 2.14. The SMILES string of the molecule is O=C(Cc1nc(-c2ccccc2)cs1)c1ccccc1F. The van der Waals surface area contributed by atoms with Gasteiger partial charge < -0.3 is 0 Å². The second-order valence-electron chi connectivity index (χ2n) is 4.57. The van der Waals surface area contributed by atoms with Crippen LogP contribution in [0.4, 0.5) is 4.39 Å². The molecule has 4 heteroatoms. The molecular weight excluding hydrogens is 285 g/mol. The Hall–Kier alpha value is -2.33. The number of benzene rings is 2. The molecule has 0 spiro atoms. The quantitative estimate of drug-likeness (QED) is 0.669. The largest absolute Gasteiger partial charge is 0.294 e. The molecule has 21 heavy (non-hydrogen) atoms. The Morgan fingerprint density at radius 1 is 1.05 bits per heavy atom. The molecule has 0 aliphatic carbocycles. The minimum absolute atomic E-state index is 0.119. The van der Waals surface area contributed by atoms with Crippen molar-refractivity contribution in [3.05, 3.63) is 76.4 Å². The van der Waals surface area contributed by atoms with E-state index in [1.54, 1.807) is 12.1 Å². The van der Waals surface area contributed by atoms with E-state index in [-0.39, 0.29) is 17.8 Å². The number of halogens is 1. The molecule has 0 fully saturated rings. The first-order valence-electron chi connectivity index (χ1n) is 6.51. The van der Waals surface area contributed by atoms with Crippen LogP contribution in [-0.4, -0.2) is 10.8 Å². The summed E-state index contributed by atoms with van der Waals surface area (Å²) in [6.07, 6.45) is 0.123. The molecule has 0 atom stereocenters. The van der Waals surface area contributed by atoms with Gasteiger partial charge in [-0.05, 0) is 12.1 Å². The third-order valence-electron chi connectivity index (χ3n) is 3.11. The van der Waals surface area contributed by atoms with Gasteiger partial charge >= 0.3 is 0 Å². The Bertz CT molecular complexity index is 767. The first kappa shape index (κ1) is 13.6. The average Bonchev–Trinajstić information content (AvgIpc) is 2.97. The lowest BCUT2D eigenvalue weighted by molar-refractivity contribution is 0.0989. The fourth-order valence-corrected chi connectivity index (χ4v) is 2.86. The third-order valence-corrected chi connectivity index (χ3v) is 3.96. The van der Waals surface area contributed by atoms with Crippen LogP contribution in [0.1, 0.15) is 15.4 Å². The molecule has 0 aliphatic heterocycles. The van der Waals surface area contributed by atoms with Crippen LogP contribution in [0.5, 0.6) is 0 Å². The summed E-state index contributed by atoms with van der Waals surface area (Å²) in [5, 5.41) is 2.61. The maximum absolute atomic E-state index is 13.6. The molecule has 0 unspecified atom stereocenters. The predicted molar refractivity (Wildman–Crippen MR) is 82.0 cm³/mol. The van der Waals surface area contributed by atoms with Gasteiger partial charge in [-0.1, -0.05) is 42.5 Å². The zero-order valence-corrected chi connectivity index (χ0v) is 11.9. The number of rotatable bonds is 4. The fraction of sp³-hybridized carbons (Fsp3) is 0.0588. The highest BCUT2D eigenvalue weighted by molar-refractivity contribution is 7.10. The van der Waals surface area contributed by atoms with E-state index in [2.05, 4.69) is 4.98 Å². The van der Waals surface area contributed by atoms with Gasteiger partial charge in [0.25, 0.3) is 0 Å². The molecule has 0 N–H and O–H groups in total. The van der Waals surface area contributed by atoms with Crippen LogP contribution in [0.2, 0.25) is 0 Å². The van der Waals surface area contributed by atoms with E-state index in [1.807, 2.05) is 35.7 Å². The second-order valence-corrected chi connectivity index (χ2v) is 5.51. The van der Waals surface area contributed by atoms with E-state index in [1.165, 1.54) is 23.5 Å². The molecule has 1 aromatic heterocycles. The zero-order chi connectivity index (χ0) is 14.7. The monoisotopic (exact) mass is 297 g/mol. The van der Waals surface area contributed by atoms with Crippen LogP contribution in [0.3, 0.4) is 0 Å². The van der Waals surface area contributed by atoms with Crippen LogP contribution in [0.25, 0.3) is 11.3 Å². The number of ketones is 1. The van der Waals surface area contributed by atoms with E-state index >= 15 is 0 Å². The summed E-state index contributed by atoms with van der Waals surface area (Å²) >= 11 is 1.42. The molecule has 0 radical (unpaired) electrons. The van der Waals surface area contributed by atoms with Crippen molar-refractivity contribution in [3.63, 3.8) is 0 Å². The molecule has 0 amide bonds. The number of thiazole rings is 1. The number of Topliss-reactive ketones (excluding diaryl/α,β-unsaturated/α-hetero) is 1. The molecule has 0 aliphatic rings. The van der Waals surface area contributed by atoms with Crippen molar-refractivity contribution in [1.82, 2.24) is 4.98 Å². The highest BCUT2D eigenvalue weighted by Crippen LogP contribution is 2.22. The Morgan fingerprint density at radius 2 is 1.76 bits per heavy atom. The lowest BCUT2D eigenvalue weighted by Gasteiger charge is -2.00. The van der Waals surface area contributed by atoms with Crippen molar-refractivity contribution in [2.45, 2.75) is 6.42 Å². The van der Waals surface area contributed by atoms with Gasteiger partial charge in [0.05, 0.1) is 17.7 Å². The van der Waals surface area contributed by atoms with Gasteiger partial charge in [-0.15, -0.1) is 11.3 Å². The molecule has 104 valence electrons. The molecule has 0 bridgehead atoms. The van der Waals surface area contributed by atoms with Crippen LogP contribution in [0, 0.1) is 5.82 Å². The first-order chi connectivity index (χ1) is 10.2. The number of hydrogen-bond acceptors (Lipinski definition) is 3. The van der Waals surface area contributed by atoms with Gasteiger partial charge in [0, 0.05) is 10.9 Å². The summed E-state index contributed by atoms with van der Waals surface area (Å²) in [7, 11) is 0. The van der Waals surface area contributed by atoms with E-state index in [0.717, 1.165) is 11.3 Å². The van der Waals surface area contributed by atoms with Gasteiger partial charge in [-0.2, -0.15) is 0 Å². The van der Waals surface area contributed by atoms with Crippen LogP contribution in [-0.2, 0) is 6.42 Å². The van der Waals surface area contributed by atoms with Gasteiger partial charge in [0.2, 0.25) is 0 Å². The third kappa shape index (κ3) is 3.06. The van der Waals surface area contributed by atoms with Crippen molar-refractivity contribution < 1.29 is 9.18 Å². The van der Waals surface area contributed by atoms with Crippen LogP contribution in [0.15, 0.2) is 60.0 Å². The van der Waals surface area contributed by atoms with Gasteiger partial charge in [-0.25, -0.2) is 9.37 Å². The first-order valence-corrected chi connectivity index (χ1v) is 7.39. The van der Waals surface area contributed by atoms with Crippen molar-refractivity contribution in [2.75, 3.05) is 0 Å². The van der Waals surface area contributed by atoms with E-state index in [4.69, 9.17) is 0 Å². The Labute approximate surface area is 125 Å². The Morgan fingerprint density at radius 3 is 2.52 bits per heavy atom. The molecule has 2 aromatic carbocycles. The number of hydrogen-bond donors (Lipinski definition) is 0. The fourth-order valence-electron chi connectivity index (χ4n) is 2.05. The summed E-state index contributed by atoms with van der Waals surface area (Å²) < 4.78 is 13.6. The van der Waals surface area contributed by atoms with Crippen molar-refractivity contribution in [1.29, 1.82) is 0 Å². The lowest BCUT2D eigenvalue weighted by atomic mass is 10.1. The molecule has 3 aromatic rings. The number of carbonyl (C=O) groups is 1. The summed E-state index contributed by atoms with van der Waals surface area (Å²) in [4.78, 5) is 16.6. The zero-order valence-electron chi connectivity index (χ0n) is 11.1. The minimum atomic E-state index is -0.484. The smallest absolute Gasteiger partial charge is 0.172 e. The number of carbonyl (C=O) groups excluding carboxylic acids is 1. The molecular formula is C17H12FNOS. The Balaban J connectivity index is 1.79. The average molecular weight is 297 g/mol. The van der Waals surface area contributed by atoms with E-state index in [0.29, 0.717) is 5.01 Å². The summed E-state index contributed by atoms with van der Waals surface area (Å²) in [6, 6.07) is 15.8. The maximum atomic E-state index is 13.6. The number of nitrogens with zero attached hydrogens (tertiary/aromatic N) is 1. The predicted octanol–water partition coefficient (Wildman–Crippen LogP) is 4.37. The standard InChI is InChI=1S/C17H12FNOS/c18-14-9-5-4-8-13(14)16(20)10-17-19-15(11-21-17)12-6-2-1-3-7-12/h1-9,11H,10H2. The molecule has 3 rings (SSSR count). The van der Waals surface area contributed by atoms with Gasteiger partial charge in [-0.3, -0.25) is 4.79 Å². The topological polar surface area (TPSA) is 30.0 Å². The molecule has 0 saturated carbocycles. The summed E-state index contributed by atoms with van der Waals surface area (Å²) in [5.41, 5.74) is 1.98. The van der Waals surface area contributed by atoms with Gasteiger partial charge in [0.1, 0.15) is 10.8 Å². The molecule has 1 heterocycles. The van der Waals surface area contributed by atoms with Crippen molar-refractivity contribution in [3.8, 4) is 11.3 Å². The highest BCUT2D eigenvalue weighted by atomic mass is 32.1. The maximum Gasteiger partial charge on any atom is 0.172 e. The van der Waals surface area contributed by atoms with Crippen LogP contribution >= 0.6 is 11.3 Å². The minimum Gasteiger partial charge on any atom is -0.294 e. The second kappa shape index (κ2) is 5.97. The van der Waals surface area contributed by atoms with Crippen LogP contribution < -0.4 is 0 Å². The lowest BCUT2D eigenvalue weighted by Crippen LogP contribution is -2.05. The van der Waals surface area contributed by atoms with Crippen molar-refractivity contribution in [2.24, 2.45) is 0 Å². The summed E-state index contributed by atoms with van der Waals surface area (Å²) in [6.45, 7) is 0. The van der Waals surface area contributed by atoms with Gasteiger partial charge in [0.15, 0.2) is 5.78 Å². The number of aromatic nitrogens is 1. The van der Waals surface area contributed by atoms with Crippen molar-refractivity contribution >= 4 is 17.1 Å². The van der Waals surface area contributed by atoms with E-state index < -0.39 is 5.82 Å². The Kier molecular flexibility index (Phi) is 3.88.